The minimum atomic E-state index is -4.25. The third kappa shape index (κ3) is 3.89. The number of nitrogens with zero attached hydrogens (tertiary/aromatic N) is 3. The molecule has 3 aromatic rings. The molecule has 1 aromatic carbocycles. The van der Waals surface area contributed by atoms with Crippen molar-refractivity contribution >= 4 is 15.9 Å². The van der Waals surface area contributed by atoms with E-state index in [2.05, 4.69) is 15.0 Å². The van der Waals surface area contributed by atoms with Crippen molar-refractivity contribution in [3.8, 4) is 11.5 Å². The molecule has 2 aromatic heterocycles. The number of pyridine rings is 1. The maximum Gasteiger partial charge on any atom is 0.283 e. The van der Waals surface area contributed by atoms with Gasteiger partial charge in [-0.1, -0.05) is 6.07 Å². The van der Waals surface area contributed by atoms with Crippen molar-refractivity contribution in [1.82, 2.24) is 19.7 Å². The van der Waals surface area contributed by atoms with Crippen LogP contribution in [0.2, 0.25) is 0 Å². The summed E-state index contributed by atoms with van der Waals surface area (Å²) in [6.45, 7) is 1.55. The molecule has 1 N–H and O–H groups in total. The zero-order valence-electron chi connectivity index (χ0n) is 13.5. The third-order valence-corrected chi connectivity index (χ3v) is 4.65. The Morgan fingerprint density at radius 2 is 1.88 bits per heavy atom. The average Bonchev–Trinajstić information content (AvgIpc) is 2.61. The number of aromatic nitrogens is 3. The molecule has 0 bridgehead atoms. The molecule has 0 unspecified atom stereocenters. The van der Waals surface area contributed by atoms with Crippen LogP contribution in [-0.4, -0.2) is 29.3 Å². The Labute approximate surface area is 149 Å². The largest absolute Gasteiger partial charge is 0.283 e. The lowest BCUT2D eigenvalue weighted by Gasteiger charge is -2.08. The van der Waals surface area contributed by atoms with E-state index in [-0.39, 0.29) is 16.4 Å². The Morgan fingerprint density at radius 1 is 1.08 bits per heavy atom. The van der Waals surface area contributed by atoms with Crippen molar-refractivity contribution in [3.05, 3.63) is 71.9 Å². The second kappa shape index (κ2) is 6.96. The first kappa shape index (κ1) is 17.6. The molecule has 0 aliphatic carbocycles. The number of aryl methyl sites for hydroxylation is 1. The second-order valence-electron chi connectivity index (χ2n) is 5.38. The molecule has 2 heterocycles. The number of halogens is 1. The quantitative estimate of drug-likeness (QED) is 0.752. The molecule has 0 aliphatic rings. The first-order chi connectivity index (χ1) is 12.3. The molecule has 132 valence electrons. The summed E-state index contributed by atoms with van der Waals surface area (Å²) in [7, 11) is -4.25. The molecule has 26 heavy (non-hydrogen) atoms. The Bertz CT molecular complexity index is 1050. The Kier molecular flexibility index (Phi) is 4.72. The number of amides is 1. The van der Waals surface area contributed by atoms with Gasteiger partial charge in [0, 0.05) is 12.4 Å². The van der Waals surface area contributed by atoms with Crippen molar-refractivity contribution in [2.45, 2.75) is 11.8 Å². The van der Waals surface area contributed by atoms with E-state index in [0.29, 0.717) is 11.3 Å². The molecule has 0 spiro atoms. The second-order valence-corrected chi connectivity index (χ2v) is 7.06. The van der Waals surface area contributed by atoms with Crippen LogP contribution in [-0.2, 0) is 10.0 Å². The lowest BCUT2D eigenvalue weighted by molar-refractivity contribution is 0.0976. The fourth-order valence-corrected chi connectivity index (χ4v) is 3.27. The summed E-state index contributed by atoms with van der Waals surface area (Å²) in [5, 5.41) is 0. The summed E-state index contributed by atoms with van der Waals surface area (Å²) >= 11 is 0. The van der Waals surface area contributed by atoms with E-state index < -0.39 is 21.7 Å². The average molecular weight is 372 g/mol. The third-order valence-electron chi connectivity index (χ3n) is 3.34. The number of benzene rings is 1. The maximum absolute atomic E-state index is 13.5. The smallest absolute Gasteiger partial charge is 0.266 e. The number of carbonyl (C=O) groups excluding carboxylic acids is 1. The van der Waals surface area contributed by atoms with E-state index in [0.717, 1.165) is 6.07 Å². The van der Waals surface area contributed by atoms with E-state index >= 15 is 0 Å². The predicted octanol–water partition coefficient (Wildman–Crippen LogP) is 2.10. The number of sulfonamides is 1. The van der Waals surface area contributed by atoms with Crippen molar-refractivity contribution in [3.63, 3.8) is 0 Å². The van der Waals surface area contributed by atoms with Crippen LogP contribution in [0.5, 0.6) is 0 Å². The van der Waals surface area contributed by atoms with Gasteiger partial charge in [0.15, 0.2) is 5.82 Å². The van der Waals surface area contributed by atoms with E-state index in [1.807, 2.05) is 4.72 Å². The topological polar surface area (TPSA) is 102 Å². The number of hydrogen-bond donors (Lipinski definition) is 1. The van der Waals surface area contributed by atoms with Gasteiger partial charge in [0.2, 0.25) is 0 Å². The maximum atomic E-state index is 13.5. The van der Waals surface area contributed by atoms with Gasteiger partial charge in [0.25, 0.3) is 15.9 Å². The first-order valence-corrected chi connectivity index (χ1v) is 8.92. The minimum absolute atomic E-state index is 0.155. The minimum Gasteiger partial charge on any atom is -0.266 e. The fourth-order valence-electron chi connectivity index (χ4n) is 2.19. The summed E-state index contributed by atoms with van der Waals surface area (Å²) in [6.07, 6.45) is 2.87. The van der Waals surface area contributed by atoms with Crippen molar-refractivity contribution in [2.24, 2.45) is 0 Å². The number of hydrogen-bond acceptors (Lipinski definition) is 6. The van der Waals surface area contributed by atoms with Gasteiger partial charge in [0.05, 0.1) is 4.90 Å². The van der Waals surface area contributed by atoms with E-state index in [1.54, 1.807) is 31.3 Å². The highest BCUT2D eigenvalue weighted by atomic mass is 32.2. The van der Waals surface area contributed by atoms with Crippen LogP contribution in [0.25, 0.3) is 11.5 Å². The first-order valence-electron chi connectivity index (χ1n) is 7.44. The number of carbonyl (C=O) groups is 1. The number of nitrogens with one attached hydrogen (secondary N) is 1. The molecular weight excluding hydrogens is 359 g/mol. The van der Waals surface area contributed by atoms with Crippen molar-refractivity contribution in [1.29, 1.82) is 0 Å². The van der Waals surface area contributed by atoms with Gasteiger partial charge in [-0.3, -0.25) is 9.78 Å². The van der Waals surface area contributed by atoms with Gasteiger partial charge in [0.1, 0.15) is 17.2 Å². The van der Waals surface area contributed by atoms with Crippen LogP contribution in [0, 0.1) is 12.7 Å². The monoisotopic (exact) mass is 372 g/mol. The number of rotatable bonds is 4. The van der Waals surface area contributed by atoms with Crippen LogP contribution >= 0.6 is 0 Å². The van der Waals surface area contributed by atoms with Crippen LogP contribution in [0.15, 0.2) is 59.8 Å². The molecule has 1 amide bonds. The lowest BCUT2D eigenvalue weighted by atomic mass is 10.2. The van der Waals surface area contributed by atoms with Gasteiger partial charge >= 0.3 is 0 Å². The SMILES string of the molecule is Cc1cc(F)cc(S(=O)(=O)NC(=O)c2ccnc(-c3ccccn3)n2)c1. The van der Waals surface area contributed by atoms with Crippen LogP contribution < -0.4 is 4.72 Å². The van der Waals surface area contributed by atoms with E-state index in [9.17, 15) is 17.6 Å². The lowest BCUT2D eigenvalue weighted by Crippen LogP contribution is -2.31. The molecule has 0 saturated heterocycles. The van der Waals surface area contributed by atoms with Crippen LogP contribution in [0.1, 0.15) is 16.1 Å². The Balaban J connectivity index is 1.88. The highest BCUT2D eigenvalue weighted by Crippen LogP contribution is 2.15. The van der Waals surface area contributed by atoms with Crippen molar-refractivity contribution < 1.29 is 17.6 Å². The summed E-state index contributed by atoms with van der Waals surface area (Å²) in [4.78, 5) is 24.1. The predicted molar refractivity (Wildman–Crippen MR) is 91.1 cm³/mol. The standard InChI is InChI=1S/C17H13FN4O3S/c1-11-8-12(18)10-13(9-11)26(24,25)22-17(23)15-5-7-20-16(21-15)14-4-2-3-6-19-14/h2-10H,1H3,(H,22,23). The summed E-state index contributed by atoms with van der Waals surface area (Å²) in [5.41, 5.74) is 0.695. The van der Waals surface area contributed by atoms with Gasteiger partial charge in [-0.15, -0.1) is 0 Å². The molecule has 7 nitrogen and oxygen atoms in total. The van der Waals surface area contributed by atoms with E-state index in [1.165, 1.54) is 24.4 Å². The molecule has 0 radical (unpaired) electrons. The van der Waals surface area contributed by atoms with Crippen molar-refractivity contribution in [2.75, 3.05) is 0 Å². The molecule has 9 heteroatoms. The Hall–Kier alpha value is -3.20. The van der Waals surface area contributed by atoms with Crippen LogP contribution in [0.4, 0.5) is 4.39 Å². The van der Waals surface area contributed by atoms with Gasteiger partial charge in [-0.2, -0.15) is 0 Å². The fraction of sp³-hybridized carbons (Fsp3) is 0.0588. The normalized spacial score (nSPS) is 11.2. The summed E-state index contributed by atoms with van der Waals surface area (Å²) in [5.74, 6) is -1.49. The summed E-state index contributed by atoms with van der Waals surface area (Å²) in [6, 6.07) is 9.66. The van der Waals surface area contributed by atoms with Crippen LogP contribution in [0.3, 0.4) is 0 Å². The Morgan fingerprint density at radius 3 is 2.58 bits per heavy atom. The highest BCUT2D eigenvalue weighted by Gasteiger charge is 2.21. The zero-order chi connectivity index (χ0) is 18.7. The molecule has 0 fully saturated rings. The molecule has 0 atom stereocenters. The molecule has 0 saturated carbocycles. The van der Waals surface area contributed by atoms with E-state index in [4.69, 9.17) is 0 Å². The zero-order valence-corrected chi connectivity index (χ0v) is 14.4. The van der Waals surface area contributed by atoms with Gasteiger partial charge < -0.3 is 0 Å². The summed E-state index contributed by atoms with van der Waals surface area (Å²) < 4.78 is 40.0. The molecular formula is C17H13FN4O3S. The highest BCUT2D eigenvalue weighted by molar-refractivity contribution is 7.90. The van der Waals surface area contributed by atoms with Gasteiger partial charge in [-0.05, 0) is 48.9 Å². The molecule has 0 aliphatic heterocycles. The van der Waals surface area contributed by atoms with Gasteiger partial charge in [-0.25, -0.2) is 27.5 Å². The molecule has 3 rings (SSSR count).